The number of hydrogen-bond donors (Lipinski definition) is 1. The summed E-state index contributed by atoms with van der Waals surface area (Å²) in [6.07, 6.45) is 1.37. The molecule has 0 amide bonds. The molecule has 0 saturated heterocycles. The Morgan fingerprint density at radius 3 is 2.89 bits per heavy atom. The van der Waals surface area contributed by atoms with Crippen molar-refractivity contribution in [2.24, 2.45) is 0 Å². The third kappa shape index (κ3) is 3.58. The van der Waals surface area contributed by atoms with Crippen molar-refractivity contribution in [2.75, 3.05) is 7.11 Å². The van der Waals surface area contributed by atoms with Gasteiger partial charge in [-0.15, -0.1) is 0 Å². The van der Waals surface area contributed by atoms with Crippen LogP contribution in [0.1, 0.15) is 23.5 Å². The van der Waals surface area contributed by atoms with E-state index in [4.69, 9.17) is 4.74 Å². The second-order valence-corrected chi connectivity index (χ2v) is 5.12. The summed E-state index contributed by atoms with van der Waals surface area (Å²) in [7, 11) is 1.58. The quantitative estimate of drug-likeness (QED) is 0.877. The number of rotatable bonds is 6. The van der Waals surface area contributed by atoms with Crippen LogP contribution in [-0.4, -0.2) is 18.2 Å². The molecule has 0 saturated carbocycles. The molecular formula is C15H16O3S. The van der Waals surface area contributed by atoms with E-state index in [0.29, 0.717) is 12.2 Å². The van der Waals surface area contributed by atoms with E-state index in [-0.39, 0.29) is 0 Å². The molecule has 0 radical (unpaired) electrons. The third-order valence-electron chi connectivity index (χ3n) is 3.10. The Kier molecular flexibility index (Phi) is 4.58. The number of benzene rings is 1. The van der Waals surface area contributed by atoms with Gasteiger partial charge in [-0.05, 0) is 52.9 Å². The highest BCUT2D eigenvalue weighted by atomic mass is 32.1. The van der Waals surface area contributed by atoms with Gasteiger partial charge in [-0.2, -0.15) is 11.3 Å². The zero-order chi connectivity index (χ0) is 13.7. The number of carbonyl (C=O) groups is 1. The van der Waals surface area contributed by atoms with Crippen LogP contribution in [0.4, 0.5) is 0 Å². The highest BCUT2D eigenvalue weighted by molar-refractivity contribution is 7.07. The van der Waals surface area contributed by atoms with Crippen LogP contribution in [0.2, 0.25) is 0 Å². The smallest absolute Gasteiger partial charge is 0.310 e. The molecule has 0 spiro atoms. The van der Waals surface area contributed by atoms with E-state index < -0.39 is 11.9 Å². The lowest BCUT2D eigenvalue weighted by Gasteiger charge is -2.13. The topological polar surface area (TPSA) is 46.5 Å². The largest absolute Gasteiger partial charge is 0.497 e. The number of hydrogen-bond acceptors (Lipinski definition) is 3. The van der Waals surface area contributed by atoms with E-state index in [0.717, 1.165) is 12.0 Å². The van der Waals surface area contributed by atoms with Crippen molar-refractivity contribution in [3.63, 3.8) is 0 Å². The molecule has 2 aromatic rings. The lowest BCUT2D eigenvalue weighted by Crippen LogP contribution is -2.12. The zero-order valence-corrected chi connectivity index (χ0v) is 11.5. The van der Waals surface area contributed by atoms with Crippen molar-refractivity contribution in [2.45, 2.75) is 18.8 Å². The predicted octanol–water partition coefficient (Wildman–Crippen LogP) is 3.56. The van der Waals surface area contributed by atoms with E-state index in [1.165, 1.54) is 5.56 Å². The van der Waals surface area contributed by atoms with Crippen LogP contribution >= 0.6 is 11.3 Å². The Labute approximate surface area is 116 Å². The molecule has 1 heterocycles. The molecule has 0 aliphatic rings. The van der Waals surface area contributed by atoms with Gasteiger partial charge in [0.05, 0.1) is 13.0 Å². The molecule has 2 rings (SSSR count). The number of carboxylic acids is 1. The van der Waals surface area contributed by atoms with Crippen molar-refractivity contribution in [3.05, 3.63) is 52.2 Å². The van der Waals surface area contributed by atoms with E-state index in [2.05, 4.69) is 5.38 Å². The van der Waals surface area contributed by atoms with Crippen molar-refractivity contribution in [3.8, 4) is 5.75 Å². The van der Waals surface area contributed by atoms with Gasteiger partial charge >= 0.3 is 5.97 Å². The molecule has 1 aromatic heterocycles. The van der Waals surface area contributed by atoms with Crippen molar-refractivity contribution in [1.82, 2.24) is 0 Å². The monoisotopic (exact) mass is 276 g/mol. The molecule has 1 N–H and O–H groups in total. The van der Waals surface area contributed by atoms with Gasteiger partial charge in [0.1, 0.15) is 5.75 Å². The van der Waals surface area contributed by atoms with E-state index in [9.17, 15) is 9.90 Å². The fraction of sp³-hybridized carbons (Fsp3) is 0.267. The van der Waals surface area contributed by atoms with Crippen molar-refractivity contribution >= 4 is 17.3 Å². The van der Waals surface area contributed by atoms with Gasteiger partial charge in [-0.25, -0.2) is 0 Å². The van der Waals surface area contributed by atoms with Crippen molar-refractivity contribution < 1.29 is 14.6 Å². The van der Waals surface area contributed by atoms with Crippen LogP contribution in [0.15, 0.2) is 41.1 Å². The number of aliphatic carboxylic acids is 1. The van der Waals surface area contributed by atoms with Crippen LogP contribution in [0.25, 0.3) is 0 Å². The van der Waals surface area contributed by atoms with Gasteiger partial charge in [0.15, 0.2) is 0 Å². The molecule has 100 valence electrons. The molecule has 4 heteroatoms. The fourth-order valence-electron chi connectivity index (χ4n) is 2.04. The molecule has 19 heavy (non-hydrogen) atoms. The Bertz CT molecular complexity index is 534. The first-order chi connectivity index (χ1) is 9.20. The number of ether oxygens (including phenoxy) is 1. The number of carboxylic acid groups (broad SMARTS) is 1. The summed E-state index contributed by atoms with van der Waals surface area (Å²) in [6, 6.07) is 9.33. The first-order valence-corrected chi connectivity index (χ1v) is 7.03. The Balaban J connectivity index is 2.12. The summed E-state index contributed by atoms with van der Waals surface area (Å²) in [5, 5.41) is 13.5. The minimum atomic E-state index is -0.788. The Morgan fingerprint density at radius 2 is 2.26 bits per heavy atom. The fourth-order valence-corrected chi connectivity index (χ4v) is 2.74. The SMILES string of the molecule is COc1cccc(C(CCc2ccsc2)C(=O)O)c1. The number of methoxy groups -OCH3 is 1. The summed E-state index contributed by atoms with van der Waals surface area (Å²) in [5.74, 6) is -0.585. The maximum Gasteiger partial charge on any atom is 0.310 e. The highest BCUT2D eigenvalue weighted by Crippen LogP contribution is 2.26. The second-order valence-electron chi connectivity index (χ2n) is 4.34. The van der Waals surface area contributed by atoms with Gasteiger partial charge in [-0.1, -0.05) is 12.1 Å². The lowest BCUT2D eigenvalue weighted by molar-refractivity contribution is -0.138. The molecule has 0 aliphatic heterocycles. The predicted molar refractivity (Wildman–Crippen MR) is 76.0 cm³/mol. The lowest BCUT2D eigenvalue weighted by atomic mass is 9.93. The Morgan fingerprint density at radius 1 is 1.42 bits per heavy atom. The summed E-state index contributed by atoms with van der Waals surface area (Å²) in [6.45, 7) is 0. The first kappa shape index (κ1) is 13.6. The van der Waals surface area contributed by atoms with Crippen LogP contribution in [-0.2, 0) is 11.2 Å². The van der Waals surface area contributed by atoms with Gasteiger partial charge in [0.25, 0.3) is 0 Å². The standard InChI is InChI=1S/C15H16O3S/c1-18-13-4-2-3-12(9-13)14(15(16)17)6-5-11-7-8-19-10-11/h2-4,7-10,14H,5-6H2,1H3,(H,16,17). The summed E-state index contributed by atoms with van der Waals surface area (Å²) in [5.41, 5.74) is 1.99. The van der Waals surface area contributed by atoms with Gasteiger partial charge in [0, 0.05) is 0 Å². The number of aryl methyl sites for hydroxylation is 1. The maximum absolute atomic E-state index is 11.4. The normalized spacial score (nSPS) is 12.1. The zero-order valence-electron chi connectivity index (χ0n) is 10.7. The molecule has 3 nitrogen and oxygen atoms in total. The maximum atomic E-state index is 11.4. The average molecular weight is 276 g/mol. The summed E-state index contributed by atoms with van der Waals surface area (Å²) >= 11 is 1.63. The molecule has 0 bridgehead atoms. The van der Waals surface area contributed by atoms with Crippen LogP contribution in [0.5, 0.6) is 5.75 Å². The van der Waals surface area contributed by atoms with Crippen LogP contribution < -0.4 is 4.74 Å². The molecular weight excluding hydrogens is 260 g/mol. The molecule has 1 unspecified atom stereocenters. The third-order valence-corrected chi connectivity index (χ3v) is 3.83. The van der Waals surface area contributed by atoms with E-state index >= 15 is 0 Å². The van der Waals surface area contributed by atoms with E-state index in [1.807, 2.05) is 29.6 Å². The first-order valence-electron chi connectivity index (χ1n) is 6.08. The minimum Gasteiger partial charge on any atom is -0.497 e. The second kappa shape index (κ2) is 6.38. The van der Waals surface area contributed by atoms with Crippen LogP contribution in [0.3, 0.4) is 0 Å². The highest BCUT2D eigenvalue weighted by Gasteiger charge is 2.20. The average Bonchev–Trinajstić information content (AvgIpc) is 2.92. The minimum absolute atomic E-state index is 0.491. The van der Waals surface area contributed by atoms with Crippen molar-refractivity contribution in [1.29, 1.82) is 0 Å². The summed E-state index contributed by atoms with van der Waals surface area (Å²) in [4.78, 5) is 11.4. The van der Waals surface area contributed by atoms with Gasteiger partial charge in [0.2, 0.25) is 0 Å². The van der Waals surface area contributed by atoms with Gasteiger partial charge < -0.3 is 9.84 Å². The molecule has 0 aliphatic carbocycles. The Hall–Kier alpha value is -1.81. The number of thiophene rings is 1. The molecule has 0 fully saturated rings. The van der Waals surface area contributed by atoms with E-state index in [1.54, 1.807) is 24.5 Å². The summed E-state index contributed by atoms with van der Waals surface area (Å²) < 4.78 is 5.14. The molecule has 1 aromatic carbocycles. The van der Waals surface area contributed by atoms with Crippen LogP contribution in [0, 0.1) is 0 Å². The van der Waals surface area contributed by atoms with Gasteiger partial charge in [-0.3, -0.25) is 4.79 Å². The molecule has 1 atom stereocenters.